The highest BCUT2D eigenvalue weighted by Gasteiger charge is 2.29. The Morgan fingerprint density at radius 1 is 1.33 bits per heavy atom. The molecule has 0 aromatic carbocycles. The molecule has 0 radical (unpaired) electrons. The number of ether oxygens (including phenoxy) is 1. The zero-order valence-electron chi connectivity index (χ0n) is 13.6. The summed E-state index contributed by atoms with van der Waals surface area (Å²) in [7, 11) is 0. The van der Waals surface area contributed by atoms with Gasteiger partial charge >= 0.3 is 0 Å². The van der Waals surface area contributed by atoms with Crippen molar-refractivity contribution in [2.24, 2.45) is 0 Å². The third kappa shape index (κ3) is 4.94. The number of amides is 1. The Morgan fingerprint density at radius 3 is 2.86 bits per heavy atom. The van der Waals surface area contributed by atoms with Crippen LogP contribution in [0.15, 0.2) is 0 Å². The average Bonchev–Trinajstić information content (AvgIpc) is 3.00. The van der Waals surface area contributed by atoms with Crippen LogP contribution < -0.4 is 5.32 Å². The Labute approximate surface area is 129 Å². The molecule has 0 aromatic rings. The van der Waals surface area contributed by atoms with E-state index in [0.29, 0.717) is 24.4 Å². The molecule has 2 aliphatic rings. The molecule has 1 N–H and O–H groups in total. The fraction of sp³-hybridized carbons (Fsp3) is 0.938. The Kier molecular flexibility index (Phi) is 6.93. The Hall–Kier alpha value is -0.650. The van der Waals surface area contributed by atoms with Gasteiger partial charge in [0.15, 0.2) is 0 Å². The molecule has 2 rings (SSSR count). The van der Waals surface area contributed by atoms with Gasteiger partial charge in [0, 0.05) is 51.3 Å². The summed E-state index contributed by atoms with van der Waals surface area (Å²) in [5.41, 5.74) is 0. The Balaban J connectivity index is 1.77. The van der Waals surface area contributed by atoms with Crippen molar-refractivity contribution in [3.8, 4) is 0 Å². The van der Waals surface area contributed by atoms with Gasteiger partial charge in [-0.05, 0) is 32.7 Å². The first-order valence-electron chi connectivity index (χ1n) is 8.57. The quantitative estimate of drug-likeness (QED) is 0.715. The molecule has 2 fully saturated rings. The highest BCUT2D eigenvalue weighted by Crippen LogP contribution is 2.16. The summed E-state index contributed by atoms with van der Waals surface area (Å²) in [6, 6.07) is 0.897. The van der Waals surface area contributed by atoms with Gasteiger partial charge in [0.25, 0.3) is 0 Å². The second-order valence-corrected chi connectivity index (χ2v) is 6.13. The average molecular weight is 297 g/mol. The normalized spacial score (nSPS) is 27.2. The summed E-state index contributed by atoms with van der Waals surface area (Å²) in [4.78, 5) is 17.0. The number of piperazine rings is 1. The number of carbonyl (C=O) groups is 1. The maximum atomic E-state index is 12.4. The first kappa shape index (κ1) is 16.7. The van der Waals surface area contributed by atoms with E-state index in [1.165, 1.54) is 6.42 Å². The van der Waals surface area contributed by atoms with Gasteiger partial charge in [-0.15, -0.1) is 0 Å². The van der Waals surface area contributed by atoms with E-state index in [1.807, 2.05) is 6.92 Å². The van der Waals surface area contributed by atoms with Crippen molar-refractivity contribution < 1.29 is 9.53 Å². The van der Waals surface area contributed by atoms with Crippen LogP contribution in [0.25, 0.3) is 0 Å². The molecule has 0 aliphatic carbocycles. The first-order valence-corrected chi connectivity index (χ1v) is 8.57. The van der Waals surface area contributed by atoms with Crippen LogP contribution in [0.2, 0.25) is 0 Å². The third-order valence-electron chi connectivity index (χ3n) is 4.74. The second-order valence-electron chi connectivity index (χ2n) is 6.13. The van der Waals surface area contributed by atoms with E-state index in [4.69, 9.17) is 4.74 Å². The standard InChI is InChI=1S/C16H31N3O2/c1-3-15-13-19(9-8-18(15)10-11-21-4-2)16(20)12-14-6-5-7-17-14/h14-15,17H,3-13H2,1-2H3. The fourth-order valence-corrected chi connectivity index (χ4v) is 3.40. The topological polar surface area (TPSA) is 44.8 Å². The van der Waals surface area contributed by atoms with Crippen LogP contribution in [0.4, 0.5) is 0 Å². The van der Waals surface area contributed by atoms with Gasteiger partial charge in [-0.25, -0.2) is 0 Å². The lowest BCUT2D eigenvalue weighted by Gasteiger charge is -2.41. The minimum atomic E-state index is 0.331. The van der Waals surface area contributed by atoms with E-state index in [2.05, 4.69) is 22.0 Å². The molecule has 0 aromatic heterocycles. The predicted octanol–water partition coefficient (Wildman–Crippen LogP) is 1.09. The van der Waals surface area contributed by atoms with E-state index < -0.39 is 0 Å². The molecule has 0 bridgehead atoms. The monoisotopic (exact) mass is 297 g/mol. The van der Waals surface area contributed by atoms with Crippen LogP contribution in [-0.4, -0.2) is 73.7 Å². The molecule has 2 unspecified atom stereocenters. The van der Waals surface area contributed by atoms with E-state index in [-0.39, 0.29) is 0 Å². The molecule has 2 heterocycles. The van der Waals surface area contributed by atoms with Crippen molar-refractivity contribution in [1.82, 2.24) is 15.1 Å². The molecular formula is C16H31N3O2. The maximum absolute atomic E-state index is 12.4. The zero-order chi connectivity index (χ0) is 15.1. The van der Waals surface area contributed by atoms with Crippen molar-refractivity contribution in [2.75, 3.05) is 45.9 Å². The fourth-order valence-electron chi connectivity index (χ4n) is 3.40. The van der Waals surface area contributed by atoms with E-state index in [1.54, 1.807) is 0 Å². The van der Waals surface area contributed by atoms with Crippen LogP contribution >= 0.6 is 0 Å². The number of hydrogen-bond donors (Lipinski definition) is 1. The lowest BCUT2D eigenvalue weighted by molar-refractivity contribution is -0.134. The number of rotatable bonds is 7. The van der Waals surface area contributed by atoms with Gasteiger partial charge in [0.1, 0.15) is 0 Å². The summed E-state index contributed by atoms with van der Waals surface area (Å²) >= 11 is 0. The molecule has 21 heavy (non-hydrogen) atoms. The minimum absolute atomic E-state index is 0.331. The van der Waals surface area contributed by atoms with Crippen LogP contribution in [0.3, 0.4) is 0 Å². The molecule has 2 atom stereocenters. The summed E-state index contributed by atoms with van der Waals surface area (Å²) < 4.78 is 5.46. The molecule has 5 heteroatoms. The van der Waals surface area contributed by atoms with Crippen molar-refractivity contribution in [2.45, 2.75) is 51.6 Å². The van der Waals surface area contributed by atoms with Crippen LogP contribution in [0, 0.1) is 0 Å². The van der Waals surface area contributed by atoms with Crippen molar-refractivity contribution in [1.29, 1.82) is 0 Å². The highest BCUT2D eigenvalue weighted by molar-refractivity contribution is 5.77. The molecule has 2 aliphatic heterocycles. The molecular weight excluding hydrogens is 266 g/mol. The molecule has 122 valence electrons. The smallest absolute Gasteiger partial charge is 0.224 e. The van der Waals surface area contributed by atoms with E-state index in [0.717, 1.165) is 58.8 Å². The predicted molar refractivity (Wildman–Crippen MR) is 84.4 cm³/mol. The molecule has 5 nitrogen and oxygen atoms in total. The Bertz CT molecular complexity index is 319. The number of nitrogens with one attached hydrogen (secondary N) is 1. The van der Waals surface area contributed by atoms with Crippen LogP contribution in [0.5, 0.6) is 0 Å². The molecule has 0 spiro atoms. The summed E-state index contributed by atoms with van der Waals surface area (Å²) in [5.74, 6) is 0.331. The Morgan fingerprint density at radius 2 is 2.19 bits per heavy atom. The van der Waals surface area contributed by atoms with Gasteiger partial charge in [-0.2, -0.15) is 0 Å². The molecule has 0 saturated carbocycles. The number of nitrogens with zero attached hydrogens (tertiary/aromatic N) is 2. The lowest BCUT2D eigenvalue weighted by Crippen LogP contribution is -2.55. The summed E-state index contributed by atoms with van der Waals surface area (Å²) in [5, 5.41) is 3.42. The zero-order valence-corrected chi connectivity index (χ0v) is 13.6. The van der Waals surface area contributed by atoms with E-state index >= 15 is 0 Å². The SMILES string of the molecule is CCOCCN1CCN(C(=O)CC2CCCN2)CC1CC. The van der Waals surface area contributed by atoms with Crippen LogP contribution in [0.1, 0.15) is 39.5 Å². The highest BCUT2D eigenvalue weighted by atomic mass is 16.5. The third-order valence-corrected chi connectivity index (χ3v) is 4.74. The van der Waals surface area contributed by atoms with Gasteiger partial charge in [-0.3, -0.25) is 9.69 Å². The number of hydrogen-bond acceptors (Lipinski definition) is 4. The van der Waals surface area contributed by atoms with Crippen molar-refractivity contribution >= 4 is 5.91 Å². The van der Waals surface area contributed by atoms with Crippen molar-refractivity contribution in [3.05, 3.63) is 0 Å². The van der Waals surface area contributed by atoms with Gasteiger partial charge in [0.2, 0.25) is 5.91 Å². The number of carbonyl (C=O) groups excluding carboxylic acids is 1. The lowest BCUT2D eigenvalue weighted by atomic mass is 10.1. The summed E-state index contributed by atoms with van der Waals surface area (Å²) in [6.45, 7) is 10.6. The first-order chi connectivity index (χ1) is 10.2. The molecule has 2 saturated heterocycles. The second kappa shape index (κ2) is 8.71. The van der Waals surface area contributed by atoms with Gasteiger partial charge in [-0.1, -0.05) is 6.92 Å². The summed E-state index contributed by atoms with van der Waals surface area (Å²) in [6.07, 6.45) is 4.13. The van der Waals surface area contributed by atoms with Gasteiger partial charge < -0.3 is 15.0 Å². The maximum Gasteiger partial charge on any atom is 0.224 e. The minimum Gasteiger partial charge on any atom is -0.380 e. The van der Waals surface area contributed by atoms with Crippen LogP contribution in [-0.2, 0) is 9.53 Å². The largest absolute Gasteiger partial charge is 0.380 e. The van der Waals surface area contributed by atoms with E-state index in [9.17, 15) is 4.79 Å². The van der Waals surface area contributed by atoms with Crippen molar-refractivity contribution in [3.63, 3.8) is 0 Å². The van der Waals surface area contributed by atoms with Gasteiger partial charge in [0.05, 0.1) is 6.61 Å². The molecule has 1 amide bonds.